The Bertz CT molecular complexity index is 1210. The van der Waals surface area contributed by atoms with Crippen LogP contribution in [0.3, 0.4) is 0 Å². The van der Waals surface area contributed by atoms with E-state index in [-0.39, 0.29) is 21.3 Å². The lowest BCUT2D eigenvalue weighted by Gasteiger charge is -2.14. The molecule has 0 amide bonds. The Kier molecular flexibility index (Phi) is 6.71. The van der Waals surface area contributed by atoms with Gasteiger partial charge >= 0.3 is 5.97 Å². The number of carboxylic acid groups (broad SMARTS) is 1. The molecule has 3 rings (SSSR count). The highest BCUT2D eigenvalue weighted by Gasteiger charge is 2.22. The number of halogens is 1. The number of rotatable bonds is 7. The van der Waals surface area contributed by atoms with E-state index in [1.807, 2.05) is 26.0 Å². The van der Waals surface area contributed by atoms with Crippen LogP contribution < -0.4 is 0 Å². The number of hydrogen-bond acceptors (Lipinski definition) is 5. The van der Waals surface area contributed by atoms with Crippen molar-refractivity contribution in [3.8, 4) is 5.75 Å². The highest BCUT2D eigenvalue weighted by molar-refractivity contribution is 8.00. The Morgan fingerprint density at radius 1 is 1.00 bits per heavy atom. The van der Waals surface area contributed by atoms with Gasteiger partial charge in [0.05, 0.1) is 10.6 Å². The molecular weight excluding hydrogens is 439 g/mol. The number of carbonyl (C=O) groups is 1. The molecule has 0 aliphatic rings. The summed E-state index contributed by atoms with van der Waals surface area (Å²) in [5.41, 5.74) is 3.61. The molecule has 0 aliphatic heterocycles. The van der Waals surface area contributed by atoms with Gasteiger partial charge in [-0.3, -0.25) is 4.79 Å². The van der Waals surface area contributed by atoms with Crippen molar-refractivity contribution < 1.29 is 27.8 Å². The number of carboxylic acids is 1. The van der Waals surface area contributed by atoms with Gasteiger partial charge in [-0.2, -0.15) is 0 Å². The Hall–Kier alpha value is -2.84. The van der Waals surface area contributed by atoms with E-state index in [4.69, 9.17) is 5.11 Å². The SMILES string of the molecule is Cc1cc(SCC(=O)O)cc(C)c1Cc1ccc(O)c(S(=O)(=O)c2ccc(F)cc2)c1. The zero-order chi connectivity index (χ0) is 22.8. The molecule has 0 fully saturated rings. The average Bonchev–Trinajstić information content (AvgIpc) is 2.70. The fraction of sp³-hybridized carbons (Fsp3) is 0.174. The quantitative estimate of drug-likeness (QED) is 0.391. The zero-order valence-electron chi connectivity index (χ0n) is 16.9. The molecule has 0 unspecified atom stereocenters. The molecular formula is C23H21FO5S2. The van der Waals surface area contributed by atoms with Gasteiger partial charge in [-0.1, -0.05) is 6.07 Å². The third kappa shape index (κ3) is 5.26. The largest absolute Gasteiger partial charge is 0.507 e. The molecule has 31 heavy (non-hydrogen) atoms. The second-order valence-corrected chi connectivity index (χ2v) is 10.1. The van der Waals surface area contributed by atoms with E-state index >= 15 is 0 Å². The zero-order valence-corrected chi connectivity index (χ0v) is 18.6. The highest BCUT2D eigenvalue weighted by Crippen LogP contribution is 2.32. The van der Waals surface area contributed by atoms with Crippen LogP contribution in [0, 0.1) is 19.7 Å². The van der Waals surface area contributed by atoms with Gasteiger partial charge in [-0.05, 0) is 91.1 Å². The summed E-state index contributed by atoms with van der Waals surface area (Å²) in [5.74, 6) is -1.83. The van der Waals surface area contributed by atoms with E-state index < -0.39 is 21.6 Å². The third-order valence-electron chi connectivity index (χ3n) is 4.85. The summed E-state index contributed by atoms with van der Waals surface area (Å²) in [4.78, 5) is 11.3. The molecule has 0 aromatic heterocycles. The van der Waals surface area contributed by atoms with Crippen LogP contribution in [0.2, 0.25) is 0 Å². The van der Waals surface area contributed by atoms with Crippen LogP contribution in [-0.2, 0) is 21.1 Å². The summed E-state index contributed by atoms with van der Waals surface area (Å²) in [6, 6.07) is 12.7. The number of aromatic hydroxyl groups is 1. The Morgan fingerprint density at radius 2 is 1.61 bits per heavy atom. The smallest absolute Gasteiger partial charge is 0.313 e. The maximum absolute atomic E-state index is 13.2. The molecule has 162 valence electrons. The molecule has 3 aromatic carbocycles. The van der Waals surface area contributed by atoms with Crippen molar-refractivity contribution in [1.82, 2.24) is 0 Å². The number of aryl methyl sites for hydroxylation is 2. The van der Waals surface area contributed by atoms with Crippen molar-refractivity contribution in [3.05, 3.63) is 82.7 Å². The van der Waals surface area contributed by atoms with Crippen LogP contribution in [0.4, 0.5) is 4.39 Å². The molecule has 0 saturated heterocycles. The predicted octanol–water partition coefficient (Wildman–Crippen LogP) is 4.75. The molecule has 0 atom stereocenters. The standard InChI is InChI=1S/C23H21FO5S2/c1-14-9-18(30-13-23(26)27)10-15(2)20(14)11-16-3-8-21(25)22(12-16)31(28,29)19-6-4-17(24)5-7-19/h3-10,12,25H,11,13H2,1-2H3,(H,26,27). The van der Waals surface area contributed by atoms with Crippen molar-refractivity contribution in [3.63, 3.8) is 0 Å². The first-order chi connectivity index (χ1) is 14.6. The minimum atomic E-state index is -4.02. The van der Waals surface area contributed by atoms with E-state index in [1.54, 1.807) is 6.07 Å². The summed E-state index contributed by atoms with van der Waals surface area (Å²) in [6.07, 6.45) is 0.438. The topological polar surface area (TPSA) is 91.7 Å². The van der Waals surface area contributed by atoms with Crippen LogP contribution in [0.25, 0.3) is 0 Å². The summed E-state index contributed by atoms with van der Waals surface area (Å²) in [7, 11) is -4.02. The van der Waals surface area contributed by atoms with Gasteiger partial charge in [0.2, 0.25) is 9.84 Å². The number of sulfone groups is 1. The van der Waals surface area contributed by atoms with Gasteiger partial charge in [-0.25, -0.2) is 12.8 Å². The number of thioether (sulfide) groups is 1. The fourth-order valence-electron chi connectivity index (χ4n) is 3.29. The maximum atomic E-state index is 13.2. The summed E-state index contributed by atoms with van der Waals surface area (Å²) >= 11 is 1.24. The molecule has 2 N–H and O–H groups in total. The van der Waals surface area contributed by atoms with Gasteiger partial charge in [0.15, 0.2) is 0 Å². The number of hydrogen-bond donors (Lipinski definition) is 2. The molecule has 0 spiro atoms. The second kappa shape index (κ2) is 9.11. The van der Waals surface area contributed by atoms with Crippen molar-refractivity contribution in [2.24, 2.45) is 0 Å². The molecule has 0 saturated carbocycles. The lowest BCUT2D eigenvalue weighted by atomic mass is 9.96. The van der Waals surface area contributed by atoms with E-state index in [2.05, 4.69) is 0 Å². The minimum Gasteiger partial charge on any atom is -0.507 e. The van der Waals surface area contributed by atoms with Crippen molar-refractivity contribution in [2.45, 2.75) is 35.0 Å². The number of aliphatic carboxylic acids is 1. The molecule has 0 bridgehead atoms. The van der Waals surface area contributed by atoms with Crippen LogP contribution in [-0.4, -0.2) is 30.4 Å². The van der Waals surface area contributed by atoms with Gasteiger partial charge in [0, 0.05) is 4.90 Å². The lowest BCUT2D eigenvalue weighted by molar-refractivity contribution is -0.133. The first-order valence-electron chi connectivity index (χ1n) is 9.35. The second-order valence-electron chi connectivity index (χ2n) is 7.15. The maximum Gasteiger partial charge on any atom is 0.313 e. The Morgan fingerprint density at radius 3 is 2.19 bits per heavy atom. The van der Waals surface area contributed by atoms with Crippen molar-refractivity contribution >= 4 is 27.6 Å². The molecule has 5 nitrogen and oxygen atoms in total. The van der Waals surface area contributed by atoms with Crippen LogP contribution >= 0.6 is 11.8 Å². The number of phenols is 1. The van der Waals surface area contributed by atoms with Gasteiger partial charge < -0.3 is 10.2 Å². The van der Waals surface area contributed by atoms with Gasteiger partial charge in [-0.15, -0.1) is 11.8 Å². The molecule has 0 aliphatic carbocycles. The van der Waals surface area contributed by atoms with Crippen LogP contribution in [0.15, 0.2) is 69.3 Å². The van der Waals surface area contributed by atoms with Gasteiger partial charge in [0.25, 0.3) is 0 Å². The monoisotopic (exact) mass is 460 g/mol. The van der Waals surface area contributed by atoms with Crippen molar-refractivity contribution in [2.75, 3.05) is 5.75 Å². The molecule has 3 aromatic rings. The number of phenolic OH excluding ortho intramolecular Hbond substituents is 1. The van der Waals surface area contributed by atoms with E-state index in [9.17, 15) is 22.7 Å². The van der Waals surface area contributed by atoms with Crippen LogP contribution in [0.1, 0.15) is 22.3 Å². The highest BCUT2D eigenvalue weighted by atomic mass is 32.2. The minimum absolute atomic E-state index is 0.0270. The van der Waals surface area contributed by atoms with E-state index in [1.165, 1.54) is 36.0 Å². The summed E-state index contributed by atoms with van der Waals surface area (Å²) in [5, 5.41) is 19.1. The molecule has 0 radical (unpaired) electrons. The van der Waals surface area contributed by atoms with E-state index in [0.717, 1.165) is 33.7 Å². The lowest BCUT2D eigenvalue weighted by Crippen LogP contribution is -2.04. The summed E-state index contributed by atoms with van der Waals surface area (Å²) < 4.78 is 39.1. The number of benzene rings is 3. The van der Waals surface area contributed by atoms with Gasteiger partial charge in [0.1, 0.15) is 16.5 Å². The third-order valence-corrected chi connectivity index (χ3v) is 7.61. The Labute approximate surface area is 184 Å². The van der Waals surface area contributed by atoms with Crippen molar-refractivity contribution in [1.29, 1.82) is 0 Å². The predicted molar refractivity (Wildman–Crippen MR) is 117 cm³/mol. The Balaban J connectivity index is 1.94. The molecule has 8 heteroatoms. The van der Waals surface area contributed by atoms with E-state index in [0.29, 0.717) is 12.0 Å². The average molecular weight is 461 g/mol. The fourth-order valence-corrected chi connectivity index (χ4v) is 5.50. The summed E-state index contributed by atoms with van der Waals surface area (Å²) in [6.45, 7) is 3.84. The molecule has 0 heterocycles. The first kappa shape index (κ1) is 22.8. The van der Waals surface area contributed by atoms with Crippen LogP contribution in [0.5, 0.6) is 5.75 Å². The normalized spacial score (nSPS) is 11.5. The first-order valence-corrected chi connectivity index (χ1v) is 11.8.